The lowest BCUT2D eigenvalue weighted by atomic mass is 10.3. The number of anilines is 1. The maximum atomic E-state index is 11.6. The Hall–Kier alpha value is -1.39. The maximum absolute atomic E-state index is 11.6. The summed E-state index contributed by atoms with van der Waals surface area (Å²) >= 11 is 7.09. The molecule has 0 aliphatic carbocycles. The molecule has 0 radical (unpaired) electrons. The largest absolute Gasteiger partial charge is 0.320 e. The second kappa shape index (κ2) is 4.42. The van der Waals surface area contributed by atoms with Crippen molar-refractivity contribution in [2.75, 3.05) is 5.32 Å². The topological polar surface area (TPSA) is 42.0 Å². The molecule has 2 rings (SSSR count). The molecule has 3 nitrogen and oxygen atoms in total. The van der Waals surface area contributed by atoms with Gasteiger partial charge in [0.1, 0.15) is 0 Å². The van der Waals surface area contributed by atoms with Gasteiger partial charge in [0.25, 0.3) is 5.91 Å². The molecule has 0 aliphatic rings. The first-order valence-electron chi connectivity index (χ1n) is 4.22. The van der Waals surface area contributed by atoms with E-state index in [-0.39, 0.29) is 5.91 Å². The Morgan fingerprint density at radius 1 is 1.47 bits per heavy atom. The summed E-state index contributed by atoms with van der Waals surface area (Å²) in [6.45, 7) is 0. The van der Waals surface area contributed by atoms with Gasteiger partial charge in [0.05, 0.1) is 0 Å². The zero-order chi connectivity index (χ0) is 10.7. The SMILES string of the molecule is O=C(Nc1cccc(Cl)c1)c1nccs1. The Morgan fingerprint density at radius 3 is 3.00 bits per heavy atom. The minimum Gasteiger partial charge on any atom is -0.320 e. The highest BCUT2D eigenvalue weighted by atomic mass is 35.5. The fourth-order valence-electron chi connectivity index (χ4n) is 1.09. The van der Waals surface area contributed by atoms with E-state index in [1.54, 1.807) is 35.8 Å². The van der Waals surface area contributed by atoms with Crippen molar-refractivity contribution in [3.8, 4) is 0 Å². The number of hydrogen-bond donors (Lipinski definition) is 1. The molecule has 2 aromatic rings. The van der Waals surface area contributed by atoms with Gasteiger partial charge in [0.15, 0.2) is 5.01 Å². The number of nitrogens with zero attached hydrogens (tertiary/aromatic N) is 1. The fourth-order valence-corrected chi connectivity index (χ4v) is 1.81. The van der Waals surface area contributed by atoms with E-state index in [1.165, 1.54) is 11.3 Å². The van der Waals surface area contributed by atoms with Crippen LogP contribution in [0, 0.1) is 0 Å². The van der Waals surface area contributed by atoms with E-state index < -0.39 is 0 Å². The van der Waals surface area contributed by atoms with Gasteiger partial charge >= 0.3 is 0 Å². The summed E-state index contributed by atoms with van der Waals surface area (Å²) < 4.78 is 0. The molecule has 0 bridgehead atoms. The summed E-state index contributed by atoms with van der Waals surface area (Å²) in [5.74, 6) is -0.215. The van der Waals surface area contributed by atoms with Gasteiger partial charge in [0.2, 0.25) is 0 Å². The monoisotopic (exact) mass is 238 g/mol. The summed E-state index contributed by atoms with van der Waals surface area (Å²) in [5, 5.41) is 5.50. The lowest BCUT2D eigenvalue weighted by Gasteiger charge is -2.02. The molecule has 1 aromatic heterocycles. The Kier molecular flexibility index (Phi) is 2.99. The minimum absolute atomic E-state index is 0.215. The number of carbonyl (C=O) groups excluding carboxylic acids is 1. The van der Waals surface area contributed by atoms with E-state index in [9.17, 15) is 4.79 Å². The number of nitrogens with one attached hydrogen (secondary N) is 1. The van der Waals surface area contributed by atoms with Crippen LogP contribution in [0.15, 0.2) is 35.8 Å². The fraction of sp³-hybridized carbons (Fsp3) is 0. The van der Waals surface area contributed by atoms with Crippen molar-refractivity contribution >= 4 is 34.5 Å². The minimum atomic E-state index is -0.215. The first kappa shape index (κ1) is 10.1. The predicted octanol–water partition coefficient (Wildman–Crippen LogP) is 3.05. The summed E-state index contributed by atoms with van der Waals surface area (Å²) in [7, 11) is 0. The number of aromatic nitrogens is 1. The average molecular weight is 239 g/mol. The van der Waals surface area contributed by atoms with Crippen molar-refractivity contribution in [2.45, 2.75) is 0 Å². The quantitative estimate of drug-likeness (QED) is 0.874. The second-order valence-electron chi connectivity index (χ2n) is 2.80. The number of thiazole rings is 1. The highest BCUT2D eigenvalue weighted by Gasteiger charge is 2.07. The highest BCUT2D eigenvalue weighted by molar-refractivity contribution is 7.11. The first-order chi connectivity index (χ1) is 7.25. The molecule has 1 heterocycles. The van der Waals surface area contributed by atoms with Gasteiger partial charge in [0, 0.05) is 22.3 Å². The third kappa shape index (κ3) is 2.55. The van der Waals surface area contributed by atoms with Crippen LogP contribution in [-0.4, -0.2) is 10.9 Å². The summed E-state index contributed by atoms with van der Waals surface area (Å²) in [5.41, 5.74) is 0.669. The van der Waals surface area contributed by atoms with E-state index in [4.69, 9.17) is 11.6 Å². The van der Waals surface area contributed by atoms with Crippen LogP contribution in [-0.2, 0) is 0 Å². The van der Waals surface area contributed by atoms with Crippen LogP contribution in [0.1, 0.15) is 9.80 Å². The maximum Gasteiger partial charge on any atom is 0.284 e. The van der Waals surface area contributed by atoms with Crippen molar-refractivity contribution in [3.63, 3.8) is 0 Å². The zero-order valence-corrected chi connectivity index (χ0v) is 9.18. The van der Waals surface area contributed by atoms with Gasteiger partial charge in [-0.1, -0.05) is 17.7 Å². The van der Waals surface area contributed by atoms with Crippen LogP contribution >= 0.6 is 22.9 Å². The van der Waals surface area contributed by atoms with Crippen LogP contribution in [0.2, 0.25) is 5.02 Å². The average Bonchev–Trinajstić information content (AvgIpc) is 2.70. The Bertz CT molecular complexity index is 470. The number of benzene rings is 1. The van der Waals surface area contributed by atoms with Crippen molar-refractivity contribution in [1.29, 1.82) is 0 Å². The van der Waals surface area contributed by atoms with Crippen molar-refractivity contribution in [3.05, 3.63) is 45.9 Å². The lowest BCUT2D eigenvalue weighted by Crippen LogP contribution is -2.11. The second-order valence-corrected chi connectivity index (χ2v) is 4.13. The standard InChI is InChI=1S/C10H7ClN2OS/c11-7-2-1-3-8(6-7)13-9(14)10-12-4-5-15-10/h1-6H,(H,13,14). The Labute approximate surface area is 95.7 Å². The van der Waals surface area contributed by atoms with E-state index in [0.29, 0.717) is 15.7 Å². The number of halogens is 1. The molecule has 1 amide bonds. The van der Waals surface area contributed by atoms with Gasteiger partial charge in [-0.3, -0.25) is 4.79 Å². The van der Waals surface area contributed by atoms with Crippen LogP contribution in [0.3, 0.4) is 0 Å². The smallest absolute Gasteiger partial charge is 0.284 e. The van der Waals surface area contributed by atoms with Crippen LogP contribution in [0.4, 0.5) is 5.69 Å². The molecule has 0 unspecified atom stereocenters. The van der Waals surface area contributed by atoms with Gasteiger partial charge in [-0.25, -0.2) is 4.98 Å². The Morgan fingerprint density at radius 2 is 2.33 bits per heavy atom. The van der Waals surface area contributed by atoms with Crippen molar-refractivity contribution in [2.24, 2.45) is 0 Å². The molecule has 0 saturated carbocycles. The summed E-state index contributed by atoms with van der Waals surface area (Å²) in [4.78, 5) is 15.5. The number of carbonyl (C=O) groups is 1. The van der Waals surface area contributed by atoms with E-state index in [1.807, 2.05) is 0 Å². The van der Waals surface area contributed by atoms with Gasteiger partial charge in [-0.2, -0.15) is 0 Å². The third-order valence-electron chi connectivity index (χ3n) is 1.71. The van der Waals surface area contributed by atoms with E-state index in [0.717, 1.165) is 0 Å². The predicted molar refractivity (Wildman–Crippen MR) is 61.5 cm³/mol. The molecule has 1 aromatic carbocycles. The molecular weight excluding hydrogens is 232 g/mol. The number of rotatable bonds is 2. The Balaban J connectivity index is 2.13. The molecule has 0 aliphatic heterocycles. The van der Waals surface area contributed by atoms with Gasteiger partial charge in [-0.15, -0.1) is 11.3 Å². The zero-order valence-electron chi connectivity index (χ0n) is 7.61. The van der Waals surface area contributed by atoms with Crippen LogP contribution < -0.4 is 5.32 Å². The van der Waals surface area contributed by atoms with Gasteiger partial charge < -0.3 is 5.32 Å². The molecule has 76 valence electrons. The summed E-state index contributed by atoms with van der Waals surface area (Å²) in [6, 6.07) is 6.99. The van der Waals surface area contributed by atoms with E-state index >= 15 is 0 Å². The molecule has 1 N–H and O–H groups in total. The molecule has 15 heavy (non-hydrogen) atoms. The molecule has 5 heteroatoms. The van der Waals surface area contributed by atoms with Crippen LogP contribution in [0.5, 0.6) is 0 Å². The van der Waals surface area contributed by atoms with Crippen LogP contribution in [0.25, 0.3) is 0 Å². The highest BCUT2D eigenvalue weighted by Crippen LogP contribution is 2.16. The summed E-state index contributed by atoms with van der Waals surface area (Å²) in [6.07, 6.45) is 1.59. The first-order valence-corrected chi connectivity index (χ1v) is 5.48. The van der Waals surface area contributed by atoms with Gasteiger partial charge in [-0.05, 0) is 18.2 Å². The lowest BCUT2D eigenvalue weighted by molar-refractivity contribution is 0.102. The third-order valence-corrected chi connectivity index (χ3v) is 2.72. The molecule has 0 atom stereocenters. The number of hydrogen-bond acceptors (Lipinski definition) is 3. The normalized spacial score (nSPS) is 9.93. The molecule has 0 saturated heterocycles. The van der Waals surface area contributed by atoms with E-state index in [2.05, 4.69) is 10.3 Å². The molecule has 0 fully saturated rings. The molecular formula is C10H7ClN2OS. The van der Waals surface area contributed by atoms with Crippen molar-refractivity contribution in [1.82, 2.24) is 4.98 Å². The number of amides is 1. The molecule has 0 spiro atoms. The van der Waals surface area contributed by atoms with Crippen molar-refractivity contribution < 1.29 is 4.79 Å².